The zero-order valence-electron chi connectivity index (χ0n) is 4.95. The van der Waals surface area contributed by atoms with E-state index in [0.29, 0.717) is 21.2 Å². The molecule has 0 fully saturated rings. The van der Waals surface area contributed by atoms with E-state index < -0.39 is 0 Å². The van der Waals surface area contributed by atoms with E-state index in [1.165, 1.54) is 6.42 Å². The molecule has 46 valence electrons. The van der Waals surface area contributed by atoms with E-state index in [-0.39, 0.29) is 0 Å². The fourth-order valence-electron chi connectivity index (χ4n) is 0.261. The second kappa shape index (κ2) is 4.84. The zero-order chi connectivity index (χ0) is 5.70. The molecule has 7 heavy (non-hydrogen) atoms. The maximum atomic E-state index is 5.35. The van der Waals surface area contributed by atoms with Gasteiger partial charge in [0.05, 0.1) is 0 Å². The van der Waals surface area contributed by atoms with E-state index in [2.05, 4.69) is 13.8 Å². The van der Waals surface area contributed by atoms with Gasteiger partial charge in [-0.2, -0.15) is 0 Å². The molecule has 0 aliphatic rings. The molecule has 0 aliphatic carbocycles. The topological polar surface area (TPSA) is 26.0 Å². The summed E-state index contributed by atoms with van der Waals surface area (Å²) >= 11 is 0.343. The Balaban J connectivity index is 2.83. The van der Waals surface area contributed by atoms with Gasteiger partial charge in [-0.3, -0.25) is 0 Å². The molecule has 0 aromatic heterocycles. The normalized spacial score (nSPS) is 14.7. The van der Waals surface area contributed by atoms with E-state index in [9.17, 15) is 0 Å². The van der Waals surface area contributed by atoms with Gasteiger partial charge in [-0.25, -0.2) is 0 Å². The van der Waals surface area contributed by atoms with Crippen molar-refractivity contribution in [1.82, 2.24) is 0 Å². The Morgan fingerprint density at radius 3 is 2.43 bits per heavy atom. The summed E-state index contributed by atoms with van der Waals surface area (Å²) in [6.45, 7) is 4.50. The van der Waals surface area contributed by atoms with Crippen molar-refractivity contribution in [3.63, 3.8) is 0 Å². The summed E-state index contributed by atoms with van der Waals surface area (Å²) in [5.74, 6) is 0. The molecular formula is C5H13IN-. The van der Waals surface area contributed by atoms with Gasteiger partial charge in [-0.05, 0) is 0 Å². The SMILES string of the molecule is CCC(C)[I-]CN. The van der Waals surface area contributed by atoms with Crippen molar-refractivity contribution in [1.29, 1.82) is 0 Å². The van der Waals surface area contributed by atoms with Crippen molar-refractivity contribution < 1.29 is 21.2 Å². The number of halogens is 1. The number of hydrogen-bond acceptors (Lipinski definition) is 1. The van der Waals surface area contributed by atoms with Gasteiger partial charge in [0.2, 0.25) is 0 Å². The Hall–Kier alpha value is 0.690. The summed E-state index contributed by atoms with van der Waals surface area (Å²) in [4.78, 5) is 0. The molecule has 1 nitrogen and oxygen atoms in total. The molecule has 1 unspecified atom stereocenters. The van der Waals surface area contributed by atoms with Gasteiger partial charge in [0.1, 0.15) is 0 Å². The Morgan fingerprint density at radius 2 is 2.29 bits per heavy atom. The third kappa shape index (κ3) is 4.55. The van der Waals surface area contributed by atoms with Crippen molar-refractivity contribution in [2.75, 3.05) is 4.55 Å². The molecule has 1 atom stereocenters. The second-order valence-corrected chi connectivity index (χ2v) is 5.39. The number of nitrogens with two attached hydrogens (primary N) is 1. The Kier molecular flexibility index (Phi) is 5.32. The molecule has 0 saturated carbocycles. The Bertz CT molecular complexity index is 39.1. The van der Waals surface area contributed by atoms with E-state index in [4.69, 9.17) is 5.73 Å². The molecule has 0 spiro atoms. The zero-order valence-corrected chi connectivity index (χ0v) is 7.10. The average molecular weight is 214 g/mol. The van der Waals surface area contributed by atoms with Crippen LogP contribution < -0.4 is 26.9 Å². The van der Waals surface area contributed by atoms with Gasteiger partial charge >= 0.3 is 55.7 Å². The predicted molar refractivity (Wildman–Crippen MR) is 28.8 cm³/mol. The number of hydrogen-bond donors (Lipinski definition) is 1. The van der Waals surface area contributed by atoms with Crippen molar-refractivity contribution in [3.05, 3.63) is 0 Å². The molecule has 0 bridgehead atoms. The molecule has 0 aromatic rings. The first-order chi connectivity index (χ1) is 3.31. The van der Waals surface area contributed by atoms with Gasteiger partial charge in [0, 0.05) is 0 Å². The molecule has 0 heterocycles. The minimum atomic E-state index is 0.343. The molecule has 0 rings (SSSR count). The van der Waals surface area contributed by atoms with Crippen LogP contribution in [0.4, 0.5) is 0 Å². The van der Waals surface area contributed by atoms with E-state index in [1.54, 1.807) is 0 Å². The molecule has 0 aliphatic heterocycles. The quantitative estimate of drug-likeness (QED) is 0.322. The maximum absolute atomic E-state index is 5.35. The van der Waals surface area contributed by atoms with Crippen LogP contribution in [0.1, 0.15) is 20.3 Å². The molecule has 0 aromatic carbocycles. The molecule has 0 radical (unpaired) electrons. The van der Waals surface area contributed by atoms with E-state index in [0.717, 1.165) is 8.48 Å². The van der Waals surface area contributed by atoms with Crippen molar-refractivity contribution in [3.8, 4) is 0 Å². The van der Waals surface area contributed by atoms with Crippen LogP contribution in [0.25, 0.3) is 0 Å². The second-order valence-electron chi connectivity index (χ2n) is 1.50. The summed E-state index contributed by atoms with van der Waals surface area (Å²) < 4.78 is 1.89. The Labute approximate surface area is 55.9 Å². The van der Waals surface area contributed by atoms with Crippen LogP contribution in [0.5, 0.6) is 0 Å². The standard InChI is InChI=1S/C5H13IN/c1-3-5(2)6-4-7/h5H,3-4,7H2,1-2H3/q-1. The van der Waals surface area contributed by atoms with Crippen LogP contribution in [0.15, 0.2) is 0 Å². The third-order valence-corrected chi connectivity index (χ3v) is 3.81. The van der Waals surface area contributed by atoms with Gasteiger partial charge in [-0.1, -0.05) is 0 Å². The van der Waals surface area contributed by atoms with Crippen molar-refractivity contribution in [2.45, 2.75) is 24.2 Å². The first-order valence-electron chi connectivity index (χ1n) is 2.59. The molecule has 2 heteroatoms. The third-order valence-electron chi connectivity index (χ3n) is 0.915. The van der Waals surface area contributed by atoms with Crippen LogP contribution in [0.3, 0.4) is 0 Å². The number of rotatable bonds is 3. The molecule has 2 N–H and O–H groups in total. The molecular weight excluding hydrogens is 201 g/mol. The average Bonchev–Trinajstić information content (AvgIpc) is 1.68. The summed E-state index contributed by atoms with van der Waals surface area (Å²) in [7, 11) is 0. The summed E-state index contributed by atoms with van der Waals surface area (Å²) in [5.41, 5.74) is 5.35. The fourth-order valence-corrected chi connectivity index (χ4v) is 1.75. The van der Waals surface area contributed by atoms with Crippen LogP contribution in [-0.2, 0) is 0 Å². The molecule has 0 amide bonds. The van der Waals surface area contributed by atoms with Crippen molar-refractivity contribution in [2.24, 2.45) is 5.73 Å². The monoisotopic (exact) mass is 214 g/mol. The van der Waals surface area contributed by atoms with Gasteiger partial charge in [0.15, 0.2) is 0 Å². The van der Waals surface area contributed by atoms with Gasteiger partial charge < -0.3 is 0 Å². The predicted octanol–water partition coefficient (Wildman–Crippen LogP) is -2.21. The van der Waals surface area contributed by atoms with Crippen LogP contribution in [0.2, 0.25) is 0 Å². The van der Waals surface area contributed by atoms with Crippen LogP contribution in [-0.4, -0.2) is 8.48 Å². The van der Waals surface area contributed by atoms with Crippen molar-refractivity contribution >= 4 is 0 Å². The first kappa shape index (κ1) is 7.69. The summed E-state index contributed by atoms with van der Waals surface area (Å²) in [6.07, 6.45) is 1.31. The van der Waals surface area contributed by atoms with Gasteiger partial charge in [0.25, 0.3) is 0 Å². The fraction of sp³-hybridized carbons (Fsp3) is 1.00. The molecule has 0 saturated heterocycles. The van der Waals surface area contributed by atoms with Crippen LogP contribution >= 0.6 is 0 Å². The summed E-state index contributed by atoms with van der Waals surface area (Å²) in [6, 6.07) is 0. The number of alkyl halides is 2. The van der Waals surface area contributed by atoms with Gasteiger partial charge in [-0.15, -0.1) is 0 Å². The van der Waals surface area contributed by atoms with E-state index in [1.807, 2.05) is 0 Å². The Morgan fingerprint density at radius 1 is 1.71 bits per heavy atom. The van der Waals surface area contributed by atoms with Crippen LogP contribution in [0, 0.1) is 0 Å². The van der Waals surface area contributed by atoms with E-state index >= 15 is 0 Å². The summed E-state index contributed by atoms with van der Waals surface area (Å²) in [5, 5.41) is 0. The first-order valence-corrected chi connectivity index (χ1v) is 5.36. The minimum absolute atomic E-state index is 0.343.